The van der Waals surface area contributed by atoms with Gasteiger partial charge in [-0.25, -0.2) is 0 Å². The first-order valence-electron chi connectivity index (χ1n) is 20.6. The fourth-order valence-electron chi connectivity index (χ4n) is 9.78. The zero-order valence-corrected chi connectivity index (χ0v) is 31.8. The number of nitrogens with zero attached hydrogens (tertiary/aromatic N) is 1. The molecule has 2 heterocycles. The summed E-state index contributed by atoms with van der Waals surface area (Å²) in [6.45, 7) is 3.34. The second-order valence-corrected chi connectivity index (χ2v) is 16.6. The SMILES string of the molecule is C[C@H](O)CNC[C@@H]1C2=C[C+]([C@@H](O)COc3cc(CC[C-]4C=C(CO)C(CCCC[C@@H]5CC[C@@H](CCO)[C@H](N)C5)O4)ccc3O)N=C2CC[C@H]2CCC[C@@H]21. The number of unbranched alkanes of at least 4 members (excludes halogenated alkanes) is 1. The van der Waals surface area contributed by atoms with Crippen molar-refractivity contribution < 1.29 is 35.0 Å². The van der Waals surface area contributed by atoms with Crippen LogP contribution in [0.4, 0.5) is 0 Å². The van der Waals surface area contributed by atoms with Crippen molar-refractivity contribution in [2.24, 2.45) is 40.3 Å². The normalized spacial score (nSPS) is 29.6. The van der Waals surface area contributed by atoms with Gasteiger partial charge in [-0.2, -0.15) is 11.6 Å². The Labute approximate surface area is 317 Å². The van der Waals surface area contributed by atoms with Crippen molar-refractivity contribution in [3.05, 3.63) is 59.2 Å². The first-order chi connectivity index (χ1) is 25.7. The fourth-order valence-corrected chi connectivity index (χ4v) is 9.78. The molecule has 0 radical (unpaired) electrons. The minimum atomic E-state index is -0.929. The highest BCUT2D eigenvalue weighted by atomic mass is 16.5. The largest absolute Gasteiger partial charge is 0.504 e. The number of aliphatic hydroxyl groups excluding tert-OH is 4. The Morgan fingerprint density at radius 1 is 1.09 bits per heavy atom. The minimum absolute atomic E-state index is 0.0136. The summed E-state index contributed by atoms with van der Waals surface area (Å²) >= 11 is 0. The van der Waals surface area contributed by atoms with E-state index >= 15 is 0 Å². The number of aliphatic hydroxyl groups is 4. The van der Waals surface area contributed by atoms with Crippen molar-refractivity contribution in [1.82, 2.24) is 5.32 Å². The molecule has 1 aromatic carbocycles. The zero-order valence-electron chi connectivity index (χ0n) is 31.8. The summed E-state index contributed by atoms with van der Waals surface area (Å²) in [6.07, 6.45) is 19.0. The third-order valence-electron chi connectivity index (χ3n) is 12.7. The lowest BCUT2D eigenvalue weighted by molar-refractivity contribution is 0.101. The van der Waals surface area contributed by atoms with Gasteiger partial charge in [0.1, 0.15) is 12.2 Å². The number of fused-ring (bicyclic) bond motifs is 2. The van der Waals surface area contributed by atoms with E-state index in [-0.39, 0.29) is 37.7 Å². The standard InChI is InChI=1S/C43H65N3O7/c1-27(49)23-45-24-36-34-7-4-6-30(34)13-15-38-35(36)22-39(46-38)41(51)26-52-43-20-29(11-16-40(43)50)10-14-33-21-32(25-48)42(53-33)8-3-2-5-28-9-12-31(17-18-47)37(44)19-28/h11,16,20-22,27-28,30-31,34,36-37,41-42,45,47-51H,2-10,12-15,17-19,23-26,44H2,1H3/t27-,28+,30+,31-,34-,36-,37+,41-,42?/m0/s1. The molecule has 6 rings (SSSR count). The molecule has 1 unspecified atom stereocenters. The number of aryl methyl sites for hydroxylation is 1. The van der Waals surface area contributed by atoms with Gasteiger partial charge in [0.15, 0.2) is 29.4 Å². The third-order valence-corrected chi connectivity index (χ3v) is 12.7. The number of nitrogens with one attached hydrogen (secondary N) is 1. The van der Waals surface area contributed by atoms with Gasteiger partial charge < -0.3 is 46.1 Å². The molecule has 294 valence electrons. The summed E-state index contributed by atoms with van der Waals surface area (Å²) in [4.78, 5) is 4.91. The number of rotatable bonds is 19. The van der Waals surface area contributed by atoms with Gasteiger partial charge in [-0.3, -0.25) is 0 Å². The molecule has 3 saturated carbocycles. The van der Waals surface area contributed by atoms with Crippen molar-refractivity contribution in [2.75, 3.05) is 32.9 Å². The Morgan fingerprint density at radius 2 is 1.94 bits per heavy atom. The molecule has 0 aromatic heterocycles. The van der Waals surface area contributed by atoms with Crippen LogP contribution in [0.25, 0.3) is 0 Å². The van der Waals surface area contributed by atoms with Gasteiger partial charge in [0.05, 0.1) is 18.1 Å². The molecule has 10 nitrogen and oxygen atoms in total. The lowest BCUT2D eigenvalue weighted by Crippen LogP contribution is -2.37. The van der Waals surface area contributed by atoms with Gasteiger partial charge in [0.2, 0.25) is 0 Å². The molecule has 5 aliphatic rings. The highest BCUT2D eigenvalue weighted by Gasteiger charge is 2.47. The summed E-state index contributed by atoms with van der Waals surface area (Å²) in [6, 6.07) is 6.15. The number of nitrogens with two attached hydrogens (primary N) is 1. The summed E-state index contributed by atoms with van der Waals surface area (Å²) in [5.74, 6) is 3.08. The van der Waals surface area contributed by atoms with Crippen LogP contribution in [0.5, 0.6) is 11.5 Å². The van der Waals surface area contributed by atoms with Gasteiger partial charge in [0, 0.05) is 44.9 Å². The van der Waals surface area contributed by atoms with Crippen LogP contribution >= 0.6 is 0 Å². The predicted octanol–water partition coefficient (Wildman–Crippen LogP) is 5.31. The van der Waals surface area contributed by atoms with Crippen LogP contribution in [0.2, 0.25) is 0 Å². The van der Waals surface area contributed by atoms with Crippen LogP contribution in [0, 0.1) is 41.7 Å². The van der Waals surface area contributed by atoms with Crippen molar-refractivity contribution >= 4 is 5.71 Å². The smallest absolute Gasteiger partial charge is 0.189 e. The summed E-state index contributed by atoms with van der Waals surface area (Å²) in [5, 5.41) is 54.4. The van der Waals surface area contributed by atoms with Crippen LogP contribution in [-0.4, -0.2) is 88.5 Å². The van der Waals surface area contributed by atoms with Crippen molar-refractivity contribution in [3.63, 3.8) is 0 Å². The quantitative estimate of drug-likeness (QED) is 0.0736. The maximum Gasteiger partial charge on any atom is 0.189 e. The highest BCUT2D eigenvalue weighted by Crippen LogP contribution is 2.47. The van der Waals surface area contributed by atoms with E-state index in [1.54, 1.807) is 13.0 Å². The minimum Gasteiger partial charge on any atom is -0.504 e. The van der Waals surface area contributed by atoms with Crippen molar-refractivity contribution in [1.29, 1.82) is 0 Å². The van der Waals surface area contributed by atoms with Crippen LogP contribution in [0.3, 0.4) is 0 Å². The molecule has 0 spiro atoms. The maximum absolute atomic E-state index is 11.2. The number of aliphatic imine (C=N–C) groups is 1. The first kappa shape index (κ1) is 40.1. The Balaban J connectivity index is 0.956. The molecule has 1 aromatic rings. The molecule has 0 amide bonds. The zero-order chi connectivity index (χ0) is 37.3. The van der Waals surface area contributed by atoms with Gasteiger partial charge in [0.25, 0.3) is 0 Å². The average molecular weight is 736 g/mol. The molecule has 3 aliphatic carbocycles. The molecule has 0 bridgehead atoms. The first-order valence-corrected chi connectivity index (χ1v) is 20.6. The molecule has 10 heteroatoms. The average Bonchev–Trinajstić information content (AvgIpc) is 3.88. The Hall–Kier alpha value is -2.57. The van der Waals surface area contributed by atoms with E-state index in [0.29, 0.717) is 60.8 Å². The van der Waals surface area contributed by atoms with Crippen molar-refractivity contribution in [2.45, 2.75) is 128 Å². The van der Waals surface area contributed by atoms with Gasteiger partial charge in [-0.15, -0.1) is 4.99 Å². The van der Waals surface area contributed by atoms with Gasteiger partial charge in [-0.05, 0) is 93.2 Å². The van der Waals surface area contributed by atoms with E-state index in [9.17, 15) is 25.5 Å². The fraction of sp³-hybridized carbons (Fsp3) is 0.698. The second kappa shape index (κ2) is 19.3. The Bertz CT molecular complexity index is 1410. The maximum atomic E-state index is 11.2. The summed E-state index contributed by atoms with van der Waals surface area (Å²) in [5.41, 5.74) is 10.6. The van der Waals surface area contributed by atoms with E-state index in [1.165, 1.54) is 37.7 Å². The Kier molecular flexibility index (Phi) is 14.6. The van der Waals surface area contributed by atoms with E-state index in [1.807, 2.05) is 18.2 Å². The number of hydrogen-bond acceptors (Lipinski definition) is 10. The molecule has 2 aliphatic heterocycles. The third kappa shape index (κ3) is 10.6. The number of ether oxygens (including phenoxy) is 2. The topological polar surface area (TPSA) is 170 Å². The van der Waals surface area contributed by atoms with Crippen LogP contribution in [0.15, 0.2) is 46.5 Å². The van der Waals surface area contributed by atoms with E-state index in [4.69, 9.17) is 20.2 Å². The van der Waals surface area contributed by atoms with Crippen LogP contribution in [-0.2, 0) is 11.2 Å². The number of hydrogen-bond donors (Lipinski definition) is 7. The highest BCUT2D eigenvalue weighted by molar-refractivity contribution is 6.04. The van der Waals surface area contributed by atoms with Gasteiger partial charge in [-0.1, -0.05) is 57.1 Å². The summed E-state index contributed by atoms with van der Waals surface area (Å²) in [7, 11) is 0. The molecule has 9 atom stereocenters. The van der Waals surface area contributed by atoms with Crippen LogP contribution < -0.4 is 15.8 Å². The number of phenols is 1. The lowest BCUT2D eigenvalue weighted by Gasteiger charge is -2.34. The van der Waals surface area contributed by atoms with E-state index < -0.39 is 12.2 Å². The lowest BCUT2D eigenvalue weighted by atomic mass is 9.75. The molecule has 3 fully saturated rings. The number of phenolic OH excluding ortho intramolecular Hbond substituents is 1. The van der Waals surface area contributed by atoms with E-state index in [2.05, 4.69) is 11.4 Å². The molecular weight excluding hydrogens is 670 g/mol. The second-order valence-electron chi connectivity index (χ2n) is 16.6. The van der Waals surface area contributed by atoms with E-state index in [0.717, 1.165) is 80.9 Å². The molecule has 53 heavy (non-hydrogen) atoms. The monoisotopic (exact) mass is 735 g/mol. The van der Waals surface area contributed by atoms with Gasteiger partial charge >= 0.3 is 0 Å². The van der Waals surface area contributed by atoms with Crippen molar-refractivity contribution in [3.8, 4) is 11.5 Å². The van der Waals surface area contributed by atoms with Crippen LogP contribution in [0.1, 0.15) is 102 Å². The molecule has 8 N–H and O–H groups in total. The molecular formula is C43H65N3O7. The Morgan fingerprint density at radius 3 is 2.74 bits per heavy atom. The number of aromatic hydroxyl groups is 1. The summed E-state index contributed by atoms with van der Waals surface area (Å²) < 4.78 is 12.3. The molecule has 0 saturated heterocycles. The number of benzene rings is 1. The predicted molar refractivity (Wildman–Crippen MR) is 207 cm³/mol.